The van der Waals surface area contributed by atoms with Crippen LogP contribution >= 0.6 is 0 Å². The largest absolute Gasteiger partial charge is 0.480 e. The maximum atomic E-state index is 14.9. The second-order valence-electron chi connectivity index (χ2n) is 9.12. The average Bonchev–Trinajstić information content (AvgIpc) is 3.32. The van der Waals surface area contributed by atoms with Gasteiger partial charge in [0, 0.05) is 34.6 Å². The lowest BCUT2D eigenvalue weighted by Crippen LogP contribution is -2.43. The Kier molecular flexibility index (Phi) is 5.79. The summed E-state index contributed by atoms with van der Waals surface area (Å²) in [6.07, 6.45) is 0.753. The lowest BCUT2D eigenvalue weighted by atomic mass is 10.0. The summed E-state index contributed by atoms with van der Waals surface area (Å²) in [5.41, 5.74) is 2.70. The van der Waals surface area contributed by atoms with E-state index in [-0.39, 0.29) is 34.3 Å². The number of carbonyl (C=O) groups is 2. The van der Waals surface area contributed by atoms with E-state index < -0.39 is 30.8 Å². The van der Waals surface area contributed by atoms with Crippen molar-refractivity contribution in [3.8, 4) is 17.1 Å². The summed E-state index contributed by atoms with van der Waals surface area (Å²) in [7, 11) is -2.79. The topological polar surface area (TPSA) is 123 Å². The van der Waals surface area contributed by atoms with Crippen LogP contribution in [0.3, 0.4) is 0 Å². The van der Waals surface area contributed by atoms with Crippen molar-refractivity contribution in [2.24, 2.45) is 4.99 Å². The number of hydrogen-bond acceptors (Lipinski definition) is 7. The van der Waals surface area contributed by atoms with Gasteiger partial charge in [0.05, 0.1) is 22.5 Å². The molecule has 0 bridgehead atoms. The highest BCUT2D eigenvalue weighted by molar-refractivity contribution is 6.20. The molecule has 11 heteroatoms. The minimum absolute atomic E-state index is 0.0671. The molecule has 204 valence electrons. The summed E-state index contributed by atoms with van der Waals surface area (Å²) in [5.74, 6) is -2.53. The number of rotatable bonds is 6. The van der Waals surface area contributed by atoms with Crippen molar-refractivity contribution >= 4 is 28.9 Å². The van der Waals surface area contributed by atoms with Crippen LogP contribution in [0, 0.1) is 5.82 Å². The average molecular weight is 553 g/mol. The van der Waals surface area contributed by atoms with Crippen molar-refractivity contribution in [3.63, 3.8) is 0 Å². The van der Waals surface area contributed by atoms with E-state index >= 15 is 0 Å². The van der Waals surface area contributed by atoms with E-state index in [2.05, 4.69) is 30.7 Å². The van der Waals surface area contributed by atoms with Crippen molar-refractivity contribution in [2.45, 2.75) is 19.5 Å². The van der Waals surface area contributed by atoms with Crippen molar-refractivity contribution in [1.82, 2.24) is 24.9 Å². The molecule has 0 fully saturated rings. The van der Waals surface area contributed by atoms with Crippen molar-refractivity contribution < 1.29 is 22.8 Å². The van der Waals surface area contributed by atoms with Gasteiger partial charge in [-0.1, -0.05) is 49.4 Å². The zero-order valence-electron chi connectivity index (χ0n) is 24.6. The first-order valence-corrected chi connectivity index (χ1v) is 12.7. The van der Waals surface area contributed by atoms with Gasteiger partial charge in [-0.25, -0.2) is 18.9 Å². The standard InChI is InChI=1S/C30H24FN7O3/c1-3-19-13-12-18(16-32-19)25-27(38-22(33-25)14-15-23(37-38)41-2)29(39)36-28-30(40)35-26-20(10-7-11-21(26)31)24(34-28)17-8-5-4-6-9-17/h4-16,28H,3H2,1-2H3,(H,35,40)(H,36,39)/t28-/m1/s1/i2D3. The predicted molar refractivity (Wildman–Crippen MR) is 151 cm³/mol. The quantitative estimate of drug-likeness (QED) is 0.328. The van der Waals surface area contributed by atoms with Gasteiger partial charge in [-0.2, -0.15) is 0 Å². The number of pyridine rings is 1. The molecule has 1 atom stereocenters. The van der Waals surface area contributed by atoms with Crippen LogP contribution in [0.5, 0.6) is 5.88 Å². The number of fused-ring (bicyclic) bond motifs is 2. The van der Waals surface area contributed by atoms with Gasteiger partial charge in [0.15, 0.2) is 11.3 Å². The first-order chi connectivity index (χ1) is 21.1. The van der Waals surface area contributed by atoms with Gasteiger partial charge in [0.2, 0.25) is 12.0 Å². The molecule has 0 radical (unpaired) electrons. The number of imidazole rings is 1. The van der Waals surface area contributed by atoms with Crippen molar-refractivity contribution in [2.75, 3.05) is 12.4 Å². The van der Waals surface area contributed by atoms with E-state index in [1.165, 1.54) is 24.3 Å². The van der Waals surface area contributed by atoms with Crippen LogP contribution in [-0.2, 0) is 11.2 Å². The molecule has 10 nitrogen and oxygen atoms in total. The number of carbonyl (C=O) groups excluding carboxylic acids is 2. The number of amides is 2. The number of aliphatic imine (C=N–C) groups is 1. The Bertz CT molecular complexity index is 1930. The highest BCUT2D eigenvalue weighted by Gasteiger charge is 2.31. The Morgan fingerprint density at radius 2 is 1.95 bits per heavy atom. The van der Waals surface area contributed by atoms with Crippen LogP contribution in [0.4, 0.5) is 10.1 Å². The Balaban J connectivity index is 1.46. The predicted octanol–water partition coefficient (Wildman–Crippen LogP) is 4.05. The van der Waals surface area contributed by atoms with Crippen LogP contribution in [0.15, 0.2) is 84.0 Å². The number of nitrogens with one attached hydrogen (secondary N) is 2. The SMILES string of the molecule is [2H]C([2H])([2H])Oc1ccc2nc(-c3ccc(CC)nc3)c(C(=O)N[C@H]3N=C(c4ccccc4)c4cccc(F)c4NC3=O)n2n1. The number of hydrogen-bond donors (Lipinski definition) is 2. The summed E-state index contributed by atoms with van der Waals surface area (Å²) in [4.78, 5) is 40.9. The molecule has 1 aliphatic rings. The van der Waals surface area contributed by atoms with E-state index in [0.29, 0.717) is 23.1 Å². The van der Waals surface area contributed by atoms with E-state index in [1.807, 2.05) is 6.92 Å². The zero-order chi connectivity index (χ0) is 31.0. The van der Waals surface area contributed by atoms with Gasteiger partial charge in [-0.15, -0.1) is 5.10 Å². The first kappa shape index (κ1) is 22.4. The van der Waals surface area contributed by atoms with Crippen LogP contribution in [0.25, 0.3) is 16.9 Å². The monoisotopic (exact) mass is 552 g/mol. The number of benzodiazepines with no additional fused rings is 1. The third-order valence-electron chi connectivity index (χ3n) is 6.57. The van der Waals surface area contributed by atoms with Crippen LogP contribution < -0.4 is 15.4 Å². The van der Waals surface area contributed by atoms with Crippen molar-refractivity contribution in [1.29, 1.82) is 0 Å². The smallest absolute Gasteiger partial charge is 0.274 e. The summed E-state index contributed by atoms with van der Waals surface area (Å²) < 4.78 is 43.3. The molecule has 0 unspecified atom stereocenters. The Morgan fingerprint density at radius 1 is 1.10 bits per heavy atom. The minimum Gasteiger partial charge on any atom is -0.480 e. The first-order valence-electron chi connectivity index (χ1n) is 14.2. The normalized spacial score (nSPS) is 16.0. The molecule has 0 saturated carbocycles. The van der Waals surface area contributed by atoms with Crippen LogP contribution in [0.2, 0.25) is 0 Å². The summed E-state index contributed by atoms with van der Waals surface area (Å²) >= 11 is 0. The third kappa shape index (κ3) is 4.78. The second kappa shape index (κ2) is 10.6. The molecule has 0 saturated heterocycles. The lowest BCUT2D eigenvalue weighted by Gasteiger charge is -2.14. The number of anilines is 1. The molecule has 1 aliphatic heterocycles. The van der Waals surface area contributed by atoms with E-state index in [4.69, 9.17) is 8.85 Å². The van der Waals surface area contributed by atoms with Gasteiger partial charge >= 0.3 is 0 Å². The number of ether oxygens (including phenoxy) is 1. The molecular weight excluding hydrogens is 525 g/mol. The number of para-hydroxylation sites is 1. The summed E-state index contributed by atoms with van der Waals surface area (Å²) in [6, 6.07) is 19.5. The third-order valence-corrected chi connectivity index (χ3v) is 6.57. The van der Waals surface area contributed by atoms with Gasteiger partial charge < -0.3 is 15.4 Å². The Labute approximate surface area is 238 Å². The van der Waals surface area contributed by atoms with Gasteiger partial charge in [-0.05, 0) is 30.7 Å². The van der Waals surface area contributed by atoms with E-state index in [1.54, 1.807) is 54.7 Å². The number of methoxy groups -OCH3 is 1. The van der Waals surface area contributed by atoms with E-state index in [9.17, 15) is 14.0 Å². The maximum absolute atomic E-state index is 14.9. The highest BCUT2D eigenvalue weighted by Crippen LogP contribution is 2.28. The van der Waals surface area contributed by atoms with Crippen LogP contribution in [-0.4, -0.2) is 50.3 Å². The Hall–Kier alpha value is -5.45. The minimum atomic E-state index is -2.79. The van der Waals surface area contributed by atoms with Crippen LogP contribution in [0.1, 0.15) is 38.3 Å². The zero-order valence-corrected chi connectivity index (χ0v) is 21.6. The number of aromatic nitrogens is 4. The molecule has 3 aromatic heterocycles. The number of aryl methyl sites for hydroxylation is 1. The lowest BCUT2D eigenvalue weighted by molar-refractivity contribution is -0.117. The molecule has 2 aromatic carbocycles. The van der Waals surface area contributed by atoms with Gasteiger partial charge in [-0.3, -0.25) is 14.6 Å². The summed E-state index contributed by atoms with van der Waals surface area (Å²) in [6.45, 7) is 1.95. The molecule has 6 rings (SSSR count). The highest BCUT2D eigenvalue weighted by atomic mass is 19.1. The van der Waals surface area contributed by atoms with Gasteiger partial charge in [0.25, 0.3) is 11.8 Å². The molecule has 0 aliphatic carbocycles. The molecule has 0 spiro atoms. The van der Waals surface area contributed by atoms with Crippen molar-refractivity contribution in [3.05, 3.63) is 107 Å². The maximum Gasteiger partial charge on any atom is 0.274 e. The molecule has 5 aromatic rings. The van der Waals surface area contributed by atoms with E-state index in [0.717, 1.165) is 10.2 Å². The summed E-state index contributed by atoms with van der Waals surface area (Å²) in [5, 5.41) is 9.38. The molecule has 4 heterocycles. The number of nitrogens with zero attached hydrogens (tertiary/aromatic N) is 5. The molecular formula is C30H24FN7O3. The molecule has 41 heavy (non-hydrogen) atoms. The number of halogens is 1. The fraction of sp³-hybridized carbons (Fsp3) is 0.133. The molecule has 2 N–H and O–H groups in total. The number of benzene rings is 2. The fourth-order valence-electron chi connectivity index (χ4n) is 4.56. The Morgan fingerprint density at radius 3 is 2.71 bits per heavy atom. The molecule has 2 amide bonds. The van der Waals surface area contributed by atoms with Gasteiger partial charge in [0.1, 0.15) is 11.5 Å². The fourth-order valence-corrected chi connectivity index (χ4v) is 4.56. The second-order valence-corrected chi connectivity index (χ2v) is 9.12.